The summed E-state index contributed by atoms with van der Waals surface area (Å²) in [6.45, 7) is 5.60. The highest BCUT2D eigenvalue weighted by molar-refractivity contribution is 5.94. The first-order valence-corrected chi connectivity index (χ1v) is 10.3. The van der Waals surface area contributed by atoms with Crippen molar-refractivity contribution in [3.05, 3.63) is 69.4 Å². The van der Waals surface area contributed by atoms with E-state index in [-0.39, 0.29) is 23.8 Å². The molecule has 4 rings (SSSR count). The second-order valence-corrected chi connectivity index (χ2v) is 8.10. The van der Waals surface area contributed by atoms with Gasteiger partial charge in [-0.25, -0.2) is 0 Å². The lowest BCUT2D eigenvalue weighted by molar-refractivity contribution is -0.384. The van der Waals surface area contributed by atoms with E-state index in [1.807, 2.05) is 19.9 Å². The summed E-state index contributed by atoms with van der Waals surface area (Å²) in [5.74, 6) is 0.258. The van der Waals surface area contributed by atoms with Crippen LogP contribution in [0.4, 0.5) is 11.4 Å². The fraction of sp³-hybridized carbons (Fsp3) is 0.348. The van der Waals surface area contributed by atoms with Crippen LogP contribution in [0.3, 0.4) is 0 Å². The third-order valence-corrected chi connectivity index (χ3v) is 6.10. The van der Waals surface area contributed by atoms with Crippen LogP contribution < -0.4 is 5.32 Å². The molecule has 1 aliphatic rings. The Morgan fingerprint density at radius 2 is 1.90 bits per heavy atom. The molecule has 156 valence electrons. The molecule has 0 bridgehead atoms. The minimum Gasteiger partial charge on any atom is -0.361 e. The van der Waals surface area contributed by atoms with Crippen LogP contribution in [0.5, 0.6) is 0 Å². The van der Waals surface area contributed by atoms with Crippen LogP contribution in [0.2, 0.25) is 0 Å². The summed E-state index contributed by atoms with van der Waals surface area (Å²) in [6.07, 6.45) is 4.08. The van der Waals surface area contributed by atoms with E-state index >= 15 is 0 Å². The van der Waals surface area contributed by atoms with Crippen LogP contribution in [-0.2, 0) is 4.79 Å². The molecular weight excluding hydrogens is 380 g/mol. The summed E-state index contributed by atoms with van der Waals surface area (Å²) in [6, 6.07) is 11.5. The number of carbonyl (C=O) groups excluding carboxylic acids is 1. The van der Waals surface area contributed by atoms with Crippen molar-refractivity contribution in [2.75, 3.05) is 25.0 Å². The van der Waals surface area contributed by atoms with E-state index in [1.165, 1.54) is 17.0 Å². The van der Waals surface area contributed by atoms with Crippen LogP contribution in [0, 0.1) is 24.0 Å². The number of benzene rings is 2. The molecule has 0 atom stereocenters. The molecule has 2 heterocycles. The highest BCUT2D eigenvalue weighted by Gasteiger charge is 2.25. The molecule has 1 fully saturated rings. The van der Waals surface area contributed by atoms with E-state index in [4.69, 9.17) is 0 Å². The van der Waals surface area contributed by atoms with E-state index in [0.29, 0.717) is 5.92 Å². The SMILES string of the molecule is Cc1cc(NC(=O)CN2CCC(c3c[nH]c4ccccc34)CC2)c([N+](=O)[O-])cc1C. The van der Waals surface area contributed by atoms with Gasteiger partial charge in [0.25, 0.3) is 5.69 Å². The second-order valence-electron chi connectivity index (χ2n) is 8.10. The number of H-pyrrole nitrogens is 1. The molecule has 3 aromatic rings. The molecular formula is C23H26N4O3. The number of nitrogens with one attached hydrogen (secondary N) is 2. The lowest BCUT2D eigenvalue weighted by Gasteiger charge is -2.31. The number of hydrogen-bond donors (Lipinski definition) is 2. The first kappa shape index (κ1) is 20.1. The Labute approximate surface area is 175 Å². The van der Waals surface area contributed by atoms with Gasteiger partial charge >= 0.3 is 0 Å². The van der Waals surface area contributed by atoms with Crippen molar-refractivity contribution in [1.29, 1.82) is 0 Å². The first-order valence-electron chi connectivity index (χ1n) is 10.3. The number of amides is 1. The predicted octanol–water partition coefficient (Wildman–Crippen LogP) is 4.51. The molecule has 0 aliphatic carbocycles. The maximum absolute atomic E-state index is 12.6. The zero-order valence-electron chi connectivity index (χ0n) is 17.3. The van der Waals surface area contributed by atoms with Crippen molar-refractivity contribution in [2.24, 2.45) is 0 Å². The van der Waals surface area contributed by atoms with Gasteiger partial charge in [-0.15, -0.1) is 0 Å². The summed E-state index contributed by atoms with van der Waals surface area (Å²) in [5.41, 5.74) is 4.45. The Morgan fingerprint density at radius 3 is 2.63 bits per heavy atom. The fourth-order valence-corrected chi connectivity index (χ4v) is 4.28. The van der Waals surface area contributed by atoms with Gasteiger partial charge in [-0.1, -0.05) is 18.2 Å². The zero-order valence-corrected chi connectivity index (χ0v) is 17.3. The van der Waals surface area contributed by atoms with Gasteiger partial charge in [-0.2, -0.15) is 0 Å². The summed E-state index contributed by atoms with van der Waals surface area (Å²) in [5, 5.41) is 15.4. The van der Waals surface area contributed by atoms with Crippen molar-refractivity contribution in [3.8, 4) is 0 Å². The van der Waals surface area contributed by atoms with Crippen LogP contribution >= 0.6 is 0 Å². The molecule has 7 nitrogen and oxygen atoms in total. The van der Waals surface area contributed by atoms with Gasteiger partial charge in [0.1, 0.15) is 5.69 Å². The number of para-hydroxylation sites is 1. The number of piperidine rings is 1. The maximum Gasteiger partial charge on any atom is 0.293 e. The number of likely N-dealkylation sites (tertiary alicyclic amines) is 1. The van der Waals surface area contributed by atoms with Crippen LogP contribution in [0.15, 0.2) is 42.6 Å². The van der Waals surface area contributed by atoms with Gasteiger partial charge in [0, 0.05) is 23.2 Å². The molecule has 30 heavy (non-hydrogen) atoms. The summed E-state index contributed by atoms with van der Waals surface area (Å²) < 4.78 is 0. The Balaban J connectivity index is 1.37. The van der Waals surface area contributed by atoms with E-state index in [9.17, 15) is 14.9 Å². The summed E-state index contributed by atoms with van der Waals surface area (Å²) in [7, 11) is 0. The Hall–Kier alpha value is -3.19. The van der Waals surface area contributed by atoms with Crippen molar-refractivity contribution < 1.29 is 9.72 Å². The van der Waals surface area contributed by atoms with Crippen molar-refractivity contribution in [1.82, 2.24) is 9.88 Å². The molecule has 0 spiro atoms. The number of anilines is 1. The lowest BCUT2D eigenvalue weighted by atomic mass is 9.89. The largest absolute Gasteiger partial charge is 0.361 e. The minimum absolute atomic E-state index is 0.0653. The normalized spacial score (nSPS) is 15.4. The maximum atomic E-state index is 12.6. The highest BCUT2D eigenvalue weighted by Crippen LogP contribution is 2.33. The van der Waals surface area contributed by atoms with E-state index < -0.39 is 4.92 Å². The molecule has 0 unspecified atom stereocenters. The molecule has 0 saturated carbocycles. The minimum atomic E-state index is -0.450. The second kappa shape index (κ2) is 8.28. The van der Waals surface area contributed by atoms with Crippen molar-refractivity contribution in [3.63, 3.8) is 0 Å². The Morgan fingerprint density at radius 1 is 1.20 bits per heavy atom. The first-order chi connectivity index (χ1) is 14.4. The van der Waals surface area contributed by atoms with Gasteiger partial charge in [-0.3, -0.25) is 19.8 Å². The summed E-state index contributed by atoms with van der Waals surface area (Å²) in [4.78, 5) is 28.9. The molecule has 1 aromatic heterocycles. The number of aryl methyl sites for hydroxylation is 2. The number of nitro benzene ring substituents is 1. The van der Waals surface area contributed by atoms with Gasteiger partial charge in [-0.05, 0) is 74.5 Å². The highest BCUT2D eigenvalue weighted by atomic mass is 16.6. The Kier molecular flexibility index (Phi) is 5.55. The molecule has 0 radical (unpaired) electrons. The number of hydrogen-bond acceptors (Lipinski definition) is 4. The smallest absolute Gasteiger partial charge is 0.293 e. The van der Waals surface area contributed by atoms with Gasteiger partial charge in [0.05, 0.1) is 11.5 Å². The molecule has 2 aromatic carbocycles. The molecule has 2 N–H and O–H groups in total. The number of nitrogens with zero attached hydrogens (tertiary/aromatic N) is 2. The number of nitro groups is 1. The lowest BCUT2D eigenvalue weighted by Crippen LogP contribution is -2.38. The van der Waals surface area contributed by atoms with E-state index in [1.54, 1.807) is 6.07 Å². The molecule has 7 heteroatoms. The topological polar surface area (TPSA) is 91.3 Å². The fourth-order valence-electron chi connectivity index (χ4n) is 4.28. The third kappa shape index (κ3) is 4.07. The van der Waals surface area contributed by atoms with Crippen molar-refractivity contribution in [2.45, 2.75) is 32.6 Å². The standard InChI is InChI=1S/C23H26N4O3/c1-15-11-21(22(27(29)30)12-16(15)2)25-23(28)14-26-9-7-17(8-10-26)19-13-24-20-6-4-3-5-18(19)20/h3-6,11-13,17,24H,7-10,14H2,1-2H3,(H,25,28). The Bertz CT molecular complexity index is 1100. The number of fused-ring (bicyclic) bond motifs is 1. The number of rotatable bonds is 5. The van der Waals surface area contributed by atoms with Gasteiger partial charge in [0.15, 0.2) is 0 Å². The van der Waals surface area contributed by atoms with Gasteiger partial charge < -0.3 is 10.3 Å². The number of aromatic nitrogens is 1. The van der Waals surface area contributed by atoms with E-state index in [0.717, 1.165) is 42.6 Å². The monoisotopic (exact) mass is 406 g/mol. The predicted molar refractivity (Wildman–Crippen MR) is 118 cm³/mol. The third-order valence-electron chi connectivity index (χ3n) is 6.10. The van der Waals surface area contributed by atoms with E-state index in [2.05, 4.69) is 39.6 Å². The number of aromatic amines is 1. The summed E-state index contributed by atoms with van der Waals surface area (Å²) >= 11 is 0. The van der Waals surface area contributed by atoms with Gasteiger partial charge in [0.2, 0.25) is 5.91 Å². The van der Waals surface area contributed by atoms with Crippen molar-refractivity contribution >= 4 is 28.2 Å². The average Bonchev–Trinajstić information content (AvgIpc) is 3.15. The number of carbonyl (C=O) groups is 1. The quantitative estimate of drug-likeness (QED) is 0.482. The van der Waals surface area contributed by atoms with Crippen LogP contribution in [0.1, 0.15) is 35.4 Å². The van der Waals surface area contributed by atoms with Crippen LogP contribution in [-0.4, -0.2) is 40.3 Å². The molecule has 1 aliphatic heterocycles. The molecule has 1 saturated heterocycles. The zero-order chi connectivity index (χ0) is 21.3. The average molecular weight is 406 g/mol. The molecule has 1 amide bonds. The van der Waals surface area contributed by atoms with Crippen LogP contribution in [0.25, 0.3) is 10.9 Å².